The fraction of sp³-hybridized carbons (Fsp3) is 0.0714. The summed E-state index contributed by atoms with van der Waals surface area (Å²) in [7, 11) is 0. The maximum Gasteiger partial charge on any atom is 0.152 e. The van der Waals surface area contributed by atoms with Gasteiger partial charge in [-0.15, -0.1) is 0 Å². The first kappa shape index (κ1) is 11.9. The number of ether oxygens (including phenoxy) is 1. The van der Waals surface area contributed by atoms with Crippen molar-refractivity contribution < 1.29 is 4.74 Å². The number of rotatable bonds is 4. The quantitative estimate of drug-likeness (QED) is 0.796. The number of pyridine rings is 1. The topological polar surface area (TPSA) is 22.1 Å². The molecule has 0 unspecified atom stereocenters. The Morgan fingerprint density at radius 1 is 1.12 bits per heavy atom. The van der Waals surface area contributed by atoms with Crippen molar-refractivity contribution in [3.05, 3.63) is 64.9 Å². The second kappa shape index (κ2) is 6.21. The first-order chi connectivity index (χ1) is 8.36. The van der Waals surface area contributed by atoms with Crippen molar-refractivity contribution >= 4 is 22.0 Å². The number of hydrogen-bond donors (Lipinski definition) is 0. The Hall–Kier alpha value is -1.61. The first-order valence-corrected chi connectivity index (χ1v) is 6.10. The van der Waals surface area contributed by atoms with Crippen molar-refractivity contribution in [3.63, 3.8) is 0 Å². The van der Waals surface area contributed by atoms with Crippen molar-refractivity contribution in [1.82, 2.24) is 4.98 Å². The van der Waals surface area contributed by atoms with Crippen molar-refractivity contribution in [1.29, 1.82) is 0 Å². The summed E-state index contributed by atoms with van der Waals surface area (Å²) >= 11 is 3.33. The lowest BCUT2D eigenvalue weighted by Gasteiger charge is -2.03. The van der Waals surface area contributed by atoms with Gasteiger partial charge in [-0.2, -0.15) is 0 Å². The Kier molecular flexibility index (Phi) is 4.33. The zero-order valence-electron chi connectivity index (χ0n) is 9.21. The fourth-order valence-corrected chi connectivity index (χ4v) is 1.73. The summed E-state index contributed by atoms with van der Waals surface area (Å²) < 4.78 is 6.29. The maximum absolute atomic E-state index is 5.56. The van der Waals surface area contributed by atoms with Crippen molar-refractivity contribution in [2.45, 2.75) is 0 Å². The van der Waals surface area contributed by atoms with E-state index in [4.69, 9.17) is 4.74 Å². The molecule has 0 radical (unpaired) electrons. The highest BCUT2D eigenvalue weighted by molar-refractivity contribution is 9.10. The van der Waals surface area contributed by atoms with Gasteiger partial charge in [-0.25, -0.2) is 4.98 Å². The second-order valence-electron chi connectivity index (χ2n) is 3.42. The van der Waals surface area contributed by atoms with E-state index < -0.39 is 0 Å². The van der Waals surface area contributed by atoms with Crippen LogP contribution in [0, 0.1) is 0 Å². The molecule has 0 aliphatic rings. The van der Waals surface area contributed by atoms with Gasteiger partial charge in [0.1, 0.15) is 11.2 Å². The van der Waals surface area contributed by atoms with Gasteiger partial charge in [-0.05, 0) is 39.7 Å². The fourth-order valence-electron chi connectivity index (χ4n) is 1.37. The third-order valence-electron chi connectivity index (χ3n) is 2.17. The molecule has 1 heterocycles. The number of nitrogens with zero attached hydrogens (tertiary/aromatic N) is 1. The van der Waals surface area contributed by atoms with Crippen LogP contribution in [0.2, 0.25) is 0 Å². The Bertz CT molecular complexity index is 497. The Morgan fingerprint density at radius 3 is 2.71 bits per heavy atom. The number of halogens is 1. The van der Waals surface area contributed by atoms with E-state index in [0.29, 0.717) is 6.61 Å². The van der Waals surface area contributed by atoms with Gasteiger partial charge in [-0.1, -0.05) is 36.4 Å². The van der Waals surface area contributed by atoms with Crippen LogP contribution < -0.4 is 4.74 Å². The number of aromatic nitrogens is 1. The molecule has 0 fully saturated rings. The maximum atomic E-state index is 5.56. The molecule has 0 saturated heterocycles. The third-order valence-corrected chi connectivity index (χ3v) is 2.77. The average Bonchev–Trinajstić information content (AvgIpc) is 2.38. The van der Waals surface area contributed by atoms with Gasteiger partial charge >= 0.3 is 0 Å². The molecule has 0 saturated carbocycles. The van der Waals surface area contributed by atoms with Crippen LogP contribution in [-0.4, -0.2) is 11.6 Å². The minimum atomic E-state index is 0.527. The van der Waals surface area contributed by atoms with E-state index in [1.54, 1.807) is 6.20 Å². The van der Waals surface area contributed by atoms with Gasteiger partial charge in [0.15, 0.2) is 5.75 Å². The summed E-state index contributed by atoms with van der Waals surface area (Å²) in [5.74, 6) is 0.755. The van der Waals surface area contributed by atoms with E-state index in [2.05, 4.69) is 33.0 Å². The average molecular weight is 290 g/mol. The highest BCUT2D eigenvalue weighted by atomic mass is 79.9. The Balaban J connectivity index is 1.88. The summed E-state index contributed by atoms with van der Waals surface area (Å²) in [4.78, 5) is 4.08. The van der Waals surface area contributed by atoms with Crippen molar-refractivity contribution in [3.8, 4) is 5.75 Å². The van der Waals surface area contributed by atoms with E-state index in [1.165, 1.54) is 5.56 Å². The molecule has 3 heteroatoms. The smallest absolute Gasteiger partial charge is 0.152 e. The summed E-state index contributed by atoms with van der Waals surface area (Å²) in [6.45, 7) is 0.527. The van der Waals surface area contributed by atoms with Gasteiger partial charge in [-0.3, -0.25) is 0 Å². The molecule has 0 N–H and O–H groups in total. The highest BCUT2D eigenvalue weighted by Gasteiger charge is 1.97. The van der Waals surface area contributed by atoms with Crippen LogP contribution in [0.5, 0.6) is 5.75 Å². The minimum Gasteiger partial charge on any atom is -0.487 e. The van der Waals surface area contributed by atoms with Crippen LogP contribution in [0.4, 0.5) is 0 Å². The summed E-state index contributed by atoms with van der Waals surface area (Å²) in [5.41, 5.74) is 1.17. The predicted octanol–water partition coefficient (Wildman–Crippen LogP) is 3.94. The van der Waals surface area contributed by atoms with E-state index in [9.17, 15) is 0 Å². The lowest BCUT2D eigenvalue weighted by molar-refractivity contribution is 0.359. The lowest BCUT2D eigenvalue weighted by Crippen LogP contribution is -1.94. The summed E-state index contributed by atoms with van der Waals surface area (Å²) in [5, 5.41) is 0. The SMILES string of the molecule is Brc1ncccc1OCC=Cc1ccccc1. The van der Waals surface area contributed by atoms with Gasteiger partial charge in [0, 0.05) is 6.20 Å². The van der Waals surface area contributed by atoms with E-state index in [1.807, 2.05) is 42.5 Å². The second-order valence-corrected chi connectivity index (χ2v) is 4.17. The molecule has 0 aliphatic carbocycles. The molecule has 0 bridgehead atoms. The highest BCUT2D eigenvalue weighted by Crippen LogP contribution is 2.20. The number of benzene rings is 1. The molecule has 1 aromatic heterocycles. The molecule has 1 aromatic carbocycles. The van der Waals surface area contributed by atoms with E-state index in [0.717, 1.165) is 10.4 Å². The van der Waals surface area contributed by atoms with Gasteiger partial charge in [0.2, 0.25) is 0 Å². The van der Waals surface area contributed by atoms with E-state index in [-0.39, 0.29) is 0 Å². The van der Waals surface area contributed by atoms with E-state index >= 15 is 0 Å². The lowest BCUT2D eigenvalue weighted by atomic mass is 10.2. The van der Waals surface area contributed by atoms with Crippen LogP contribution in [0.15, 0.2) is 59.3 Å². The minimum absolute atomic E-state index is 0.527. The van der Waals surface area contributed by atoms with Crippen molar-refractivity contribution in [2.24, 2.45) is 0 Å². The molecule has 17 heavy (non-hydrogen) atoms. The molecular formula is C14H12BrNO. The van der Waals surface area contributed by atoms with Crippen LogP contribution in [0.25, 0.3) is 6.08 Å². The zero-order valence-corrected chi connectivity index (χ0v) is 10.8. The molecular weight excluding hydrogens is 278 g/mol. The molecule has 0 spiro atoms. The molecule has 2 rings (SSSR count). The molecule has 2 aromatic rings. The van der Waals surface area contributed by atoms with Crippen LogP contribution in [0.1, 0.15) is 5.56 Å². The van der Waals surface area contributed by atoms with Crippen LogP contribution >= 0.6 is 15.9 Å². The molecule has 86 valence electrons. The predicted molar refractivity (Wildman–Crippen MR) is 72.9 cm³/mol. The molecule has 2 nitrogen and oxygen atoms in total. The number of hydrogen-bond acceptors (Lipinski definition) is 2. The van der Waals surface area contributed by atoms with Gasteiger partial charge in [0.25, 0.3) is 0 Å². The normalized spacial score (nSPS) is 10.6. The summed E-state index contributed by atoms with van der Waals surface area (Å²) in [6.07, 6.45) is 5.73. The molecule has 0 atom stereocenters. The van der Waals surface area contributed by atoms with Crippen molar-refractivity contribution in [2.75, 3.05) is 6.61 Å². The first-order valence-electron chi connectivity index (χ1n) is 5.31. The van der Waals surface area contributed by atoms with Gasteiger partial charge < -0.3 is 4.74 Å². The van der Waals surface area contributed by atoms with Crippen LogP contribution in [0.3, 0.4) is 0 Å². The Morgan fingerprint density at radius 2 is 1.94 bits per heavy atom. The molecule has 0 amide bonds. The standard InChI is InChI=1S/C14H12BrNO/c15-14-13(9-4-10-16-14)17-11-5-8-12-6-2-1-3-7-12/h1-10H,11H2. The Labute approximate surface area is 109 Å². The molecule has 0 aliphatic heterocycles. The zero-order chi connectivity index (χ0) is 11.9. The monoisotopic (exact) mass is 289 g/mol. The third kappa shape index (κ3) is 3.71. The van der Waals surface area contributed by atoms with Gasteiger partial charge in [0.05, 0.1) is 0 Å². The summed E-state index contributed by atoms with van der Waals surface area (Å²) in [6, 6.07) is 13.9. The van der Waals surface area contributed by atoms with Crippen LogP contribution in [-0.2, 0) is 0 Å². The largest absolute Gasteiger partial charge is 0.487 e.